The van der Waals surface area contributed by atoms with Crippen LogP contribution in [0.4, 0.5) is 0 Å². The van der Waals surface area contributed by atoms with E-state index in [1.54, 1.807) is 0 Å². The summed E-state index contributed by atoms with van der Waals surface area (Å²) in [5.41, 5.74) is -2.02. The summed E-state index contributed by atoms with van der Waals surface area (Å²) in [6.07, 6.45) is 1.80. The molecular weight excluding hydrogens is 216 g/mol. The first-order chi connectivity index (χ1) is 7.44. The lowest BCUT2D eigenvalue weighted by molar-refractivity contribution is -0.158. The van der Waals surface area contributed by atoms with Crippen LogP contribution in [0.25, 0.3) is 0 Å². The third-order valence-corrected chi connectivity index (χ3v) is 2.22. The van der Waals surface area contributed by atoms with Gasteiger partial charge in [-0.05, 0) is 12.2 Å². The van der Waals surface area contributed by atoms with Crippen LogP contribution in [0.3, 0.4) is 0 Å². The van der Waals surface area contributed by atoms with Gasteiger partial charge in [-0.15, -0.1) is 0 Å². The standard InChI is InChI=1S/C10H12O6/c1-15-8(12)6-3-4-10(14,5-7(6)11)9(13)16-2/h3-4,11,14H,5H2,1-2H3. The highest BCUT2D eigenvalue weighted by Gasteiger charge is 2.39. The van der Waals surface area contributed by atoms with E-state index in [4.69, 9.17) is 0 Å². The molecule has 0 aromatic rings. The highest BCUT2D eigenvalue weighted by Crippen LogP contribution is 2.27. The van der Waals surface area contributed by atoms with Crippen LogP contribution in [0.15, 0.2) is 23.5 Å². The van der Waals surface area contributed by atoms with Gasteiger partial charge in [0, 0.05) is 6.42 Å². The molecular formula is C10H12O6. The number of methoxy groups -OCH3 is 2. The van der Waals surface area contributed by atoms with Crippen molar-refractivity contribution in [3.05, 3.63) is 23.5 Å². The van der Waals surface area contributed by atoms with Crippen molar-refractivity contribution in [3.8, 4) is 0 Å². The van der Waals surface area contributed by atoms with Crippen molar-refractivity contribution in [2.24, 2.45) is 0 Å². The summed E-state index contributed by atoms with van der Waals surface area (Å²) in [6.45, 7) is 0. The monoisotopic (exact) mass is 228 g/mol. The van der Waals surface area contributed by atoms with E-state index in [1.807, 2.05) is 0 Å². The molecule has 0 saturated heterocycles. The molecule has 0 heterocycles. The average molecular weight is 228 g/mol. The van der Waals surface area contributed by atoms with Gasteiger partial charge < -0.3 is 19.7 Å². The summed E-state index contributed by atoms with van der Waals surface area (Å²) in [4.78, 5) is 22.3. The molecule has 0 saturated carbocycles. The van der Waals surface area contributed by atoms with Crippen LogP contribution < -0.4 is 0 Å². The quantitative estimate of drug-likeness (QED) is 0.638. The van der Waals surface area contributed by atoms with Crippen molar-refractivity contribution in [3.63, 3.8) is 0 Å². The number of aliphatic hydroxyl groups is 2. The van der Waals surface area contributed by atoms with E-state index < -0.39 is 29.7 Å². The van der Waals surface area contributed by atoms with Gasteiger partial charge in [0.25, 0.3) is 0 Å². The van der Waals surface area contributed by atoms with Gasteiger partial charge in [-0.1, -0.05) is 0 Å². The molecule has 0 bridgehead atoms. The lowest BCUT2D eigenvalue weighted by Crippen LogP contribution is -2.40. The van der Waals surface area contributed by atoms with E-state index in [0.717, 1.165) is 26.4 Å². The molecule has 1 unspecified atom stereocenters. The third-order valence-electron chi connectivity index (χ3n) is 2.22. The fourth-order valence-electron chi connectivity index (χ4n) is 1.34. The second-order valence-electron chi connectivity index (χ2n) is 3.28. The van der Waals surface area contributed by atoms with Crippen molar-refractivity contribution >= 4 is 11.9 Å². The van der Waals surface area contributed by atoms with Crippen molar-refractivity contribution < 1.29 is 29.3 Å². The molecule has 1 atom stereocenters. The van der Waals surface area contributed by atoms with E-state index >= 15 is 0 Å². The number of rotatable bonds is 2. The second-order valence-corrected chi connectivity index (χ2v) is 3.28. The molecule has 6 heteroatoms. The minimum atomic E-state index is -1.93. The van der Waals surface area contributed by atoms with Gasteiger partial charge in [-0.2, -0.15) is 0 Å². The van der Waals surface area contributed by atoms with Crippen molar-refractivity contribution in [1.29, 1.82) is 0 Å². The largest absolute Gasteiger partial charge is 0.511 e. The number of hydrogen-bond acceptors (Lipinski definition) is 6. The molecule has 1 rings (SSSR count). The third kappa shape index (κ3) is 2.06. The van der Waals surface area contributed by atoms with Crippen molar-refractivity contribution in [1.82, 2.24) is 0 Å². The maximum Gasteiger partial charge on any atom is 0.342 e. The van der Waals surface area contributed by atoms with E-state index in [2.05, 4.69) is 9.47 Å². The second kappa shape index (κ2) is 4.36. The summed E-state index contributed by atoms with van der Waals surface area (Å²) in [5.74, 6) is -2.05. The van der Waals surface area contributed by atoms with Gasteiger partial charge >= 0.3 is 11.9 Å². The summed E-state index contributed by atoms with van der Waals surface area (Å²) >= 11 is 0. The predicted molar refractivity (Wildman–Crippen MR) is 52.4 cm³/mol. The van der Waals surface area contributed by atoms with Gasteiger partial charge in [0.2, 0.25) is 0 Å². The van der Waals surface area contributed by atoms with Gasteiger partial charge in [0.15, 0.2) is 5.60 Å². The smallest absolute Gasteiger partial charge is 0.342 e. The van der Waals surface area contributed by atoms with Crippen LogP contribution in [-0.2, 0) is 19.1 Å². The Morgan fingerprint density at radius 2 is 2.00 bits per heavy atom. The number of carbonyl (C=O) groups excluding carboxylic acids is 2. The highest BCUT2D eigenvalue weighted by atomic mass is 16.5. The van der Waals surface area contributed by atoms with E-state index in [1.165, 1.54) is 0 Å². The van der Waals surface area contributed by atoms with Gasteiger partial charge in [0.05, 0.1) is 19.8 Å². The number of hydrogen-bond donors (Lipinski definition) is 2. The SMILES string of the molecule is COC(=O)C1=C(O)CC(O)(C(=O)OC)C=C1. The molecule has 1 aliphatic rings. The van der Waals surface area contributed by atoms with E-state index in [0.29, 0.717) is 0 Å². The summed E-state index contributed by atoms with van der Waals surface area (Å²) in [5, 5.41) is 19.3. The Morgan fingerprint density at radius 3 is 2.44 bits per heavy atom. The van der Waals surface area contributed by atoms with Crippen molar-refractivity contribution in [2.75, 3.05) is 14.2 Å². The van der Waals surface area contributed by atoms with E-state index in [-0.39, 0.29) is 5.57 Å². The maximum absolute atomic E-state index is 11.2. The van der Waals surface area contributed by atoms with Crippen LogP contribution in [0.2, 0.25) is 0 Å². The molecule has 16 heavy (non-hydrogen) atoms. The Bertz CT molecular complexity index is 381. The Kier molecular flexibility index (Phi) is 3.34. The number of carbonyl (C=O) groups is 2. The summed E-state index contributed by atoms with van der Waals surface area (Å²) in [7, 11) is 2.28. The molecule has 0 aliphatic heterocycles. The molecule has 2 N–H and O–H groups in total. The molecule has 88 valence electrons. The zero-order valence-corrected chi connectivity index (χ0v) is 8.89. The van der Waals surface area contributed by atoms with Crippen LogP contribution >= 0.6 is 0 Å². The maximum atomic E-state index is 11.2. The lowest BCUT2D eigenvalue weighted by atomic mass is 9.90. The Hall–Kier alpha value is -1.82. The predicted octanol–water partition coefficient (Wildman–Crippen LogP) is -0.165. The lowest BCUT2D eigenvalue weighted by Gasteiger charge is -2.24. The topological polar surface area (TPSA) is 93.1 Å². The molecule has 0 radical (unpaired) electrons. The van der Waals surface area contributed by atoms with Crippen molar-refractivity contribution in [2.45, 2.75) is 12.0 Å². The first kappa shape index (κ1) is 12.3. The summed E-state index contributed by atoms with van der Waals surface area (Å²) in [6, 6.07) is 0. The highest BCUT2D eigenvalue weighted by molar-refractivity contribution is 5.94. The molecule has 1 aliphatic carbocycles. The molecule has 0 aromatic heterocycles. The molecule has 0 spiro atoms. The first-order valence-corrected chi connectivity index (χ1v) is 4.45. The van der Waals surface area contributed by atoms with Crippen LogP contribution in [0.1, 0.15) is 6.42 Å². The minimum Gasteiger partial charge on any atom is -0.511 e. The number of esters is 2. The Labute approximate surface area is 91.8 Å². The number of ether oxygens (including phenoxy) is 2. The molecule has 0 aromatic carbocycles. The molecule has 0 amide bonds. The minimum absolute atomic E-state index is 0.0870. The van der Waals surface area contributed by atoms with Gasteiger partial charge in [-0.25, -0.2) is 9.59 Å². The van der Waals surface area contributed by atoms with Crippen LogP contribution in [-0.4, -0.2) is 42.0 Å². The fraction of sp³-hybridized carbons (Fsp3) is 0.400. The average Bonchev–Trinajstić information content (AvgIpc) is 2.27. The number of aliphatic hydroxyl groups excluding tert-OH is 1. The Morgan fingerprint density at radius 1 is 1.38 bits per heavy atom. The zero-order valence-electron chi connectivity index (χ0n) is 8.89. The molecule has 6 nitrogen and oxygen atoms in total. The van der Waals surface area contributed by atoms with Gasteiger partial charge in [0.1, 0.15) is 5.76 Å². The van der Waals surface area contributed by atoms with Crippen LogP contribution in [0, 0.1) is 0 Å². The van der Waals surface area contributed by atoms with Gasteiger partial charge in [-0.3, -0.25) is 0 Å². The van der Waals surface area contributed by atoms with E-state index in [9.17, 15) is 19.8 Å². The summed E-state index contributed by atoms with van der Waals surface area (Å²) < 4.78 is 8.78. The fourth-order valence-corrected chi connectivity index (χ4v) is 1.34. The normalized spacial score (nSPS) is 24.2. The zero-order chi connectivity index (χ0) is 12.3. The first-order valence-electron chi connectivity index (χ1n) is 4.45. The Balaban J connectivity index is 2.97. The molecule has 0 fully saturated rings. The van der Waals surface area contributed by atoms with Crippen LogP contribution in [0.5, 0.6) is 0 Å².